The molecule has 1 aliphatic rings. The molecule has 1 saturated heterocycles. The van der Waals surface area contributed by atoms with Crippen LogP contribution in [-0.2, 0) is 9.59 Å². The van der Waals surface area contributed by atoms with E-state index >= 15 is 0 Å². The Bertz CT molecular complexity index is 387. The van der Waals surface area contributed by atoms with Crippen LogP contribution in [0.5, 0.6) is 0 Å². The average Bonchev–Trinajstić information content (AvgIpc) is 2.45. The lowest BCUT2D eigenvalue weighted by Crippen LogP contribution is -2.30. The zero-order valence-corrected chi connectivity index (χ0v) is 10.7. The van der Waals surface area contributed by atoms with Crippen LogP contribution in [0.2, 0.25) is 0 Å². The van der Waals surface area contributed by atoms with E-state index in [1.165, 1.54) is 4.90 Å². The maximum atomic E-state index is 11.8. The second-order valence-electron chi connectivity index (χ2n) is 3.15. The van der Waals surface area contributed by atoms with Crippen molar-refractivity contribution < 1.29 is 9.59 Å². The first-order chi connectivity index (χ1) is 7.13. The van der Waals surface area contributed by atoms with Gasteiger partial charge in [0, 0.05) is 0 Å². The summed E-state index contributed by atoms with van der Waals surface area (Å²) in [4.78, 5) is 23.7. The molecule has 5 heteroatoms. The van der Waals surface area contributed by atoms with Gasteiger partial charge < -0.3 is 0 Å². The van der Waals surface area contributed by atoms with Crippen LogP contribution < -0.4 is 4.90 Å². The highest BCUT2D eigenvalue weighted by atomic mass is 79.9. The molecule has 1 aromatic carbocycles. The van der Waals surface area contributed by atoms with Gasteiger partial charge >= 0.3 is 0 Å². The molecule has 0 unspecified atom stereocenters. The maximum absolute atomic E-state index is 11.8. The third-order valence-corrected chi connectivity index (χ3v) is 4.73. The molecule has 1 heterocycles. The van der Waals surface area contributed by atoms with Crippen LogP contribution >= 0.6 is 31.9 Å². The zero-order valence-electron chi connectivity index (χ0n) is 7.56. The Kier molecular flexibility index (Phi) is 2.93. The van der Waals surface area contributed by atoms with E-state index < -0.39 is 9.65 Å². The minimum Gasteiger partial charge on any atom is -0.273 e. The average molecular weight is 333 g/mol. The number of halogens is 2. The van der Waals surface area contributed by atoms with Gasteiger partial charge in [-0.05, 0) is 12.1 Å². The van der Waals surface area contributed by atoms with Gasteiger partial charge in [-0.3, -0.25) is 9.59 Å². The number of imide groups is 1. The van der Waals surface area contributed by atoms with Crippen molar-refractivity contribution in [2.75, 3.05) is 4.90 Å². The molecule has 78 valence electrons. The summed E-state index contributed by atoms with van der Waals surface area (Å²) < 4.78 is 0. The quantitative estimate of drug-likeness (QED) is 0.583. The largest absolute Gasteiger partial charge is 0.273 e. The molecular weight excluding hydrogens is 326 g/mol. The van der Waals surface area contributed by atoms with Crippen molar-refractivity contribution in [1.82, 2.24) is 0 Å². The lowest BCUT2D eigenvalue weighted by Gasteiger charge is -2.13. The first kappa shape index (κ1) is 10.8. The summed E-state index contributed by atoms with van der Waals surface area (Å²) in [6.45, 7) is 0. The van der Waals surface area contributed by atoms with Crippen LogP contribution in [0.15, 0.2) is 30.3 Å². The summed E-state index contributed by atoms with van der Waals surface area (Å²) in [5.74, 6) is -0.457. The SMILES string of the molecule is O=C1[C@@H](Br)[C@H](Br)C(=O)N1c1ccccc1. The van der Waals surface area contributed by atoms with Crippen molar-refractivity contribution >= 4 is 49.4 Å². The molecule has 0 aromatic heterocycles. The predicted molar refractivity (Wildman–Crippen MR) is 64.4 cm³/mol. The molecule has 1 aliphatic heterocycles. The van der Waals surface area contributed by atoms with E-state index in [1.807, 2.05) is 6.07 Å². The number of amides is 2. The van der Waals surface area contributed by atoms with Crippen molar-refractivity contribution in [1.29, 1.82) is 0 Å². The topological polar surface area (TPSA) is 37.4 Å². The molecule has 0 saturated carbocycles. The van der Waals surface area contributed by atoms with Crippen LogP contribution in [-0.4, -0.2) is 21.5 Å². The van der Waals surface area contributed by atoms with Gasteiger partial charge in [-0.1, -0.05) is 50.1 Å². The van der Waals surface area contributed by atoms with E-state index in [0.717, 1.165) is 0 Å². The number of rotatable bonds is 1. The summed E-state index contributed by atoms with van der Waals surface area (Å²) in [7, 11) is 0. The number of benzene rings is 1. The number of alkyl halides is 2. The first-order valence-corrected chi connectivity index (χ1v) is 6.17. The van der Waals surface area contributed by atoms with Crippen LogP contribution in [0, 0.1) is 0 Å². The molecule has 15 heavy (non-hydrogen) atoms. The Morgan fingerprint density at radius 2 is 1.40 bits per heavy atom. The Hall–Kier alpha value is -0.680. The number of carbonyl (C=O) groups excluding carboxylic acids is 2. The predicted octanol–water partition coefficient (Wildman–Crippen LogP) is 2.09. The summed E-state index contributed by atoms with van der Waals surface area (Å²) >= 11 is 6.38. The lowest BCUT2D eigenvalue weighted by molar-refractivity contribution is -0.121. The van der Waals surface area contributed by atoms with Gasteiger partial charge in [0.1, 0.15) is 9.65 Å². The van der Waals surface area contributed by atoms with Gasteiger partial charge in [-0.15, -0.1) is 0 Å². The van der Waals surface area contributed by atoms with E-state index in [2.05, 4.69) is 31.9 Å². The minimum absolute atomic E-state index is 0.229. The maximum Gasteiger partial charge on any atom is 0.249 e. The molecule has 3 nitrogen and oxygen atoms in total. The fourth-order valence-corrected chi connectivity index (χ4v) is 2.30. The number of carbonyl (C=O) groups is 2. The summed E-state index contributed by atoms with van der Waals surface area (Å²) in [5.41, 5.74) is 0.610. The van der Waals surface area contributed by atoms with Gasteiger partial charge in [-0.2, -0.15) is 0 Å². The molecule has 2 atom stereocenters. The molecule has 0 spiro atoms. The van der Waals surface area contributed by atoms with Gasteiger partial charge in [-0.25, -0.2) is 4.90 Å². The van der Waals surface area contributed by atoms with Crippen molar-refractivity contribution in [2.45, 2.75) is 9.65 Å². The second kappa shape index (κ2) is 4.06. The second-order valence-corrected chi connectivity index (χ2v) is 5.12. The van der Waals surface area contributed by atoms with E-state index in [-0.39, 0.29) is 11.8 Å². The van der Waals surface area contributed by atoms with Crippen LogP contribution in [0.1, 0.15) is 0 Å². The van der Waals surface area contributed by atoms with Crippen LogP contribution in [0.25, 0.3) is 0 Å². The van der Waals surface area contributed by atoms with Crippen molar-refractivity contribution in [3.05, 3.63) is 30.3 Å². The zero-order chi connectivity index (χ0) is 11.0. The van der Waals surface area contributed by atoms with Crippen LogP contribution in [0.4, 0.5) is 5.69 Å². The summed E-state index contributed by atoms with van der Waals surface area (Å²) in [5, 5.41) is 0. The Morgan fingerprint density at radius 1 is 0.933 bits per heavy atom. The highest BCUT2D eigenvalue weighted by molar-refractivity contribution is 9.12. The number of para-hydroxylation sites is 1. The van der Waals surface area contributed by atoms with E-state index in [0.29, 0.717) is 5.69 Å². The van der Waals surface area contributed by atoms with Gasteiger partial charge in [0.2, 0.25) is 11.8 Å². The summed E-state index contributed by atoms with van der Waals surface area (Å²) in [6.07, 6.45) is 0. The third-order valence-electron chi connectivity index (χ3n) is 2.18. The molecule has 2 rings (SSSR count). The Morgan fingerprint density at radius 3 is 1.87 bits per heavy atom. The molecule has 0 radical (unpaired) electrons. The monoisotopic (exact) mass is 331 g/mol. The number of nitrogens with zero attached hydrogens (tertiary/aromatic N) is 1. The molecule has 0 bridgehead atoms. The van der Waals surface area contributed by atoms with Crippen LogP contribution in [0.3, 0.4) is 0 Å². The first-order valence-electron chi connectivity index (χ1n) is 4.34. The highest BCUT2D eigenvalue weighted by Crippen LogP contribution is 2.30. The molecule has 0 N–H and O–H groups in total. The summed E-state index contributed by atoms with van der Waals surface area (Å²) in [6, 6.07) is 8.90. The number of hydrogen-bond acceptors (Lipinski definition) is 2. The van der Waals surface area contributed by atoms with Gasteiger partial charge in [0.15, 0.2) is 0 Å². The molecule has 1 fully saturated rings. The molecule has 2 amide bonds. The van der Waals surface area contributed by atoms with Crippen molar-refractivity contribution in [3.63, 3.8) is 0 Å². The standard InChI is InChI=1S/C10H7Br2NO2/c11-7-8(12)10(15)13(9(7)14)6-4-2-1-3-5-6/h1-5,7-8H/t7-,8-/m0/s1. The molecule has 1 aromatic rings. The van der Waals surface area contributed by atoms with E-state index in [4.69, 9.17) is 0 Å². The number of hydrogen-bond donors (Lipinski definition) is 0. The fraction of sp³-hybridized carbons (Fsp3) is 0.200. The van der Waals surface area contributed by atoms with E-state index in [9.17, 15) is 9.59 Å². The molecule has 0 aliphatic carbocycles. The van der Waals surface area contributed by atoms with E-state index in [1.54, 1.807) is 24.3 Å². The fourth-order valence-electron chi connectivity index (χ4n) is 1.44. The van der Waals surface area contributed by atoms with Crippen molar-refractivity contribution in [3.8, 4) is 0 Å². The number of anilines is 1. The Balaban J connectivity index is 2.39. The smallest absolute Gasteiger partial charge is 0.249 e. The lowest BCUT2D eigenvalue weighted by atomic mass is 10.3. The molecular formula is C10H7Br2NO2. The van der Waals surface area contributed by atoms with Gasteiger partial charge in [0.25, 0.3) is 0 Å². The minimum atomic E-state index is -0.481. The Labute approximate surface area is 104 Å². The van der Waals surface area contributed by atoms with Gasteiger partial charge in [0.05, 0.1) is 5.69 Å². The third kappa shape index (κ3) is 1.74. The normalized spacial score (nSPS) is 26.1. The highest BCUT2D eigenvalue weighted by Gasteiger charge is 2.45. The van der Waals surface area contributed by atoms with Crippen molar-refractivity contribution in [2.24, 2.45) is 0 Å².